The van der Waals surface area contributed by atoms with Gasteiger partial charge in [-0.2, -0.15) is 4.39 Å². The van der Waals surface area contributed by atoms with Gasteiger partial charge in [-0.1, -0.05) is 0 Å². The number of pyridine rings is 2. The van der Waals surface area contributed by atoms with E-state index in [-0.39, 0.29) is 11.9 Å². The molecule has 1 amide bonds. The van der Waals surface area contributed by atoms with Gasteiger partial charge in [-0.25, -0.2) is 4.98 Å². The summed E-state index contributed by atoms with van der Waals surface area (Å²) < 4.78 is 13.1. The first-order chi connectivity index (χ1) is 9.75. The van der Waals surface area contributed by atoms with Crippen LogP contribution in [0.5, 0.6) is 0 Å². The van der Waals surface area contributed by atoms with Crippen molar-refractivity contribution in [3.8, 4) is 0 Å². The Labute approximate surface area is 116 Å². The fourth-order valence-corrected chi connectivity index (χ4v) is 2.64. The van der Waals surface area contributed by atoms with Gasteiger partial charge in [-0.3, -0.25) is 9.78 Å². The lowest BCUT2D eigenvalue weighted by molar-refractivity contribution is 0.0735. The maximum Gasteiger partial charge on any atom is 0.254 e. The molecule has 1 aliphatic heterocycles. The van der Waals surface area contributed by atoms with Crippen LogP contribution in [-0.4, -0.2) is 27.3 Å². The summed E-state index contributed by atoms with van der Waals surface area (Å²) >= 11 is 0. The van der Waals surface area contributed by atoms with Crippen LogP contribution in [0.4, 0.5) is 4.39 Å². The van der Waals surface area contributed by atoms with Gasteiger partial charge in [0.15, 0.2) is 0 Å². The van der Waals surface area contributed by atoms with Crippen LogP contribution in [0.1, 0.15) is 34.8 Å². The van der Waals surface area contributed by atoms with E-state index in [2.05, 4.69) is 9.97 Å². The van der Waals surface area contributed by atoms with E-state index in [1.807, 2.05) is 12.1 Å². The minimum Gasteiger partial charge on any atom is -0.332 e. The fourth-order valence-electron chi connectivity index (χ4n) is 2.64. The van der Waals surface area contributed by atoms with Gasteiger partial charge >= 0.3 is 0 Å². The van der Waals surface area contributed by atoms with Crippen molar-refractivity contribution in [2.24, 2.45) is 0 Å². The molecule has 1 saturated heterocycles. The second-order valence-corrected chi connectivity index (χ2v) is 4.80. The highest BCUT2D eigenvalue weighted by atomic mass is 19.1. The molecular formula is C15H14FN3O. The highest BCUT2D eigenvalue weighted by Gasteiger charge is 2.30. The van der Waals surface area contributed by atoms with E-state index in [9.17, 15) is 9.18 Å². The third-order valence-corrected chi connectivity index (χ3v) is 3.58. The van der Waals surface area contributed by atoms with Crippen molar-refractivity contribution >= 4 is 5.91 Å². The number of rotatable bonds is 2. The van der Waals surface area contributed by atoms with Gasteiger partial charge in [0.05, 0.1) is 6.04 Å². The minimum atomic E-state index is -0.629. The van der Waals surface area contributed by atoms with Crippen molar-refractivity contribution in [1.82, 2.24) is 14.9 Å². The minimum absolute atomic E-state index is 0.0433. The van der Waals surface area contributed by atoms with E-state index >= 15 is 0 Å². The van der Waals surface area contributed by atoms with Gasteiger partial charge in [0, 0.05) is 36.8 Å². The first kappa shape index (κ1) is 12.7. The van der Waals surface area contributed by atoms with Gasteiger partial charge < -0.3 is 4.90 Å². The van der Waals surface area contributed by atoms with Crippen molar-refractivity contribution < 1.29 is 9.18 Å². The molecule has 1 atom stereocenters. The Bertz CT molecular complexity index is 618. The van der Waals surface area contributed by atoms with Crippen LogP contribution >= 0.6 is 0 Å². The zero-order valence-corrected chi connectivity index (χ0v) is 10.9. The molecular weight excluding hydrogens is 257 g/mol. The van der Waals surface area contributed by atoms with Crippen molar-refractivity contribution in [2.45, 2.75) is 18.9 Å². The lowest BCUT2D eigenvalue weighted by Gasteiger charge is -2.25. The predicted octanol–water partition coefficient (Wildman–Crippen LogP) is 2.59. The fraction of sp³-hybridized carbons (Fsp3) is 0.267. The van der Waals surface area contributed by atoms with Crippen LogP contribution in [0.3, 0.4) is 0 Å². The number of aromatic nitrogens is 2. The smallest absolute Gasteiger partial charge is 0.254 e. The van der Waals surface area contributed by atoms with Crippen LogP contribution in [0, 0.1) is 5.95 Å². The first-order valence-electron chi connectivity index (χ1n) is 6.58. The SMILES string of the molecule is O=C(c1ccnc(F)c1)N1CCCC1c1ccncc1. The second-order valence-electron chi connectivity index (χ2n) is 4.80. The van der Waals surface area contributed by atoms with Gasteiger partial charge in [0.25, 0.3) is 5.91 Å². The highest BCUT2D eigenvalue weighted by Crippen LogP contribution is 2.32. The monoisotopic (exact) mass is 271 g/mol. The molecule has 3 rings (SSSR count). The van der Waals surface area contributed by atoms with Crippen LogP contribution in [0.15, 0.2) is 42.9 Å². The topological polar surface area (TPSA) is 46.1 Å². The van der Waals surface area contributed by atoms with Gasteiger partial charge in [0.2, 0.25) is 5.95 Å². The van der Waals surface area contributed by atoms with E-state index in [1.54, 1.807) is 23.4 Å². The summed E-state index contributed by atoms with van der Waals surface area (Å²) in [6.45, 7) is 0.690. The molecule has 0 aliphatic carbocycles. The van der Waals surface area contributed by atoms with E-state index in [4.69, 9.17) is 0 Å². The number of carbonyl (C=O) groups excluding carboxylic acids is 1. The number of likely N-dealkylation sites (tertiary alicyclic amines) is 1. The molecule has 0 bridgehead atoms. The molecule has 0 aromatic carbocycles. The number of nitrogens with zero attached hydrogens (tertiary/aromatic N) is 3. The molecule has 3 heterocycles. The zero-order valence-electron chi connectivity index (χ0n) is 10.9. The van der Waals surface area contributed by atoms with Crippen LogP contribution in [0.25, 0.3) is 0 Å². The third-order valence-electron chi connectivity index (χ3n) is 3.58. The average molecular weight is 271 g/mol. The van der Waals surface area contributed by atoms with Crippen LogP contribution < -0.4 is 0 Å². The number of hydrogen-bond acceptors (Lipinski definition) is 3. The lowest BCUT2D eigenvalue weighted by atomic mass is 10.1. The van der Waals surface area contributed by atoms with Gasteiger partial charge in [-0.15, -0.1) is 0 Å². The molecule has 102 valence electrons. The number of amides is 1. The molecule has 1 unspecified atom stereocenters. The molecule has 5 heteroatoms. The zero-order chi connectivity index (χ0) is 13.9. The largest absolute Gasteiger partial charge is 0.332 e. The average Bonchev–Trinajstić information content (AvgIpc) is 2.97. The summed E-state index contributed by atoms with van der Waals surface area (Å²) in [5.74, 6) is -0.777. The lowest BCUT2D eigenvalue weighted by Crippen LogP contribution is -2.30. The molecule has 1 aliphatic rings. The Morgan fingerprint density at radius 1 is 1.25 bits per heavy atom. The van der Waals surface area contributed by atoms with Crippen molar-refractivity contribution in [3.63, 3.8) is 0 Å². The van der Waals surface area contributed by atoms with Crippen molar-refractivity contribution in [1.29, 1.82) is 0 Å². The van der Waals surface area contributed by atoms with E-state index in [0.29, 0.717) is 12.1 Å². The Hall–Kier alpha value is -2.30. The summed E-state index contributed by atoms with van der Waals surface area (Å²) in [7, 11) is 0. The molecule has 4 nitrogen and oxygen atoms in total. The van der Waals surface area contributed by atoms with Crippen LogP contribution in [-0.2, 0) is 0 Å². The first-order valence-corrected chi connectivity index (χ1v) is 6.58. The normalized spacial score (nSPS) is 18.2. The molecule has 2 aromatic heterocycles. The maximum atomic E-state index is 13.1. The molecule has 0 N–H and O–H groups in total. The molecule has 1 fully saturated rings. The summed E-state index contributed by atoms with van der Waals surface area (Å²) in [6, 6.07) is 6.62. The molecule has 0 radical (unpaired) electrons. The number of carbonyl (C=O) groups is 1. The van der Waals surface area contributed by atoms with E-state index in [0.717, 1.165) is 18.4 Å². The molecule has 2 aromatic rings. The van der Waals surface area contributed by atoms with E-state index < -0.39 is 5.95 Å². The maximum absolute atomic E-state index is 13.1. The third kappa shape index (κ3) is 2.39. The summed E-state index contributed by atoms with van der Waals surface area (Å²) in [5, 5.41) is 0. The van der Waals surface area contributed by atoms with Gasteiger partial charge in [0.1, 0.15) is 0 Å². The molecule has 20 heavy (non-hydrogen) atoms. The summed E-state index contributed by atoms with van der Waals surface area (Å²) in [4.78, 5) is 21.8. The Morgan fingerprint density at radius 3 is 2.80 bits per heavy atom. The number of halogens is 1. The Morgan fingerprint density at radius 2 is 2.05 bits per heavy atom. The predicted molar refractivity (Wildman–Crippen MR) is 71.4 cm³/mol. The second kappa shape index (κ2) is 5.36. The Balaban J connectivity index is 1.87. The quantitative estimate of drug-likeness (QED) is 0.789. The highest BCUT2D eigenvalue weighted by molar-refractivity contribution is 5.94. The standard InChI is InChI=1S/C15H14FN3O/c16-14-10-12(5-8-18-14)15(20)19-9-1-2-13(19)11-3-6-17-7-4-11/h3-8,10,13H,1-2,9H2. The summed E-state index contributed by atoms with van der Waals surface area (Å²) in [5.41, 5.74) is 1.42. The van der Waals surface area contributed by atoms with Crippen molar-refractivity contribution in [2.75, 3.05) is 6.54 Å². The molecule has 0 spiro atoms. The number of hydrogen-bond donors (Lipinski definition) is 0. The Kier molecular flexibility index (Phi) is 3.41. The van der Waals surface area contributed by atoms with Crippen LogP contribution in [0.2, 0.25) is 0 Å². The molecule has 0 saturated carbocycles. The van der Waals surface area contributed by atoms with E-state index in [1.165, 1.54) is 12.3 Å². The van der Waals surface area contributed by atoms with Crippen molar-refractivity contribution in [3.05, 3.63) is 59.9 Å². The summed E-state index contributed by atoms with van der Waals surface area (Å²) in [6.07, 6.45) is 6.64. The van der Waals surface area contributed by atoms with Gasteiger partial charge in [-0.05, 0) is 36.6 Å².